The van der Waals surface area contributed by atoms with E-state index in [0.717, 1.165) is 12.8 Å². The average Bonchev–Trinajstić information content (AvgIpc) is 3.25. The van der Waals surface area contributed by atoms with Crippen molar-refractivity contribution in [1.82, 2.24) is 10.5 Å². The highest BCUT2D eigenvalue weighted by Gasteiger charge is 2.26. The highest BCUT2D eigenvalue weighted by atomic mass is 35.5. The molecule has 0 atom stereocenters. The van der Waals surface area contributed by atoms with E-state index in [4.69, 9.17) is 20.9 Å². The summed E-state index contributed by atoms with van der Waals surface area (Å²) in [4.78, 5) is 23.9. The van der Waals surface area contributed by atoms with E-state index in [1.165, 1.54) is 0 Å². The van der Waals surface area contributed by atoms with Gasteiger partial charge < -0.3 is 14.6 Å². The van der Waals surface area contributed by atoms with E-state index in [2.05, 4.69) is 10.5 Å². The topological polar surface area (TPSA) is 81.4 Å². The average molecular weight is 335 g/mol. The zero-order chi connectivity index (χ0) is 16.4. The Balaban J connectivity index is 1.76. The number of aryl methyl sites for hydroxylation is 1. The zero-order valence-corrected chi connectivity index (χ0v) is 13.2. The minimum atomic E-state index is -0.662. The van der Waals surface area contributed by atoms with Crippen LogP contribution < -0.4 is 5.32 Å². The first-order valence-electron chi connectivity index (χ1n) is 7.24. The molecule has 0 bridgehead atoms. The van der Waals surface area contributed by atoms with Crippen LogP contribution in [0, 0.1) is 6.92 Å². The van der Waals surface area contributed by atoms with Crippen LogP contribution in [-0.2, 0) is 9.53 Å². The molecule has 2 aromatic rings. The van der Waals surface area contributed by atoms with Crippen LogP contribution in [-0.4, -0.2) is 29.7 Å². The van der Waals surface area contributed by atoms with Gasteiger partial charge in [0, 0.05) is 11.6 Å². The van der Waals surface area contributed by atoms with E-state index >= 15 is 0 Å². The molecule has 1 aromatic carbocycles. The van der Waals surface area contributed by atoms with Crippen LogP contribution in [0.1, 0.15) is 29.0 Å². The summed E-state index contributed by atoms with van der Waals surface area (Å²) in [5, 5.41) is 7.09. The van der Waals surface area contributed by atoms with Crippen molar-refractivity contribution in [1.29, 1.82) is 0 Å². The normalized spacial score (nSPS) is 13.7. The second-order valence-corrected chi connectivity index (χ2v) is 5.77. The second-order valence-electron chi connectivity index (χ2n) is 5.36. The second kappa shape index (κ2) is 6.42. The third-order valence-corrected chi connectivity index (χ3v) is 3.80. The molecule has 1 aromatic heterocycles. The maximum atomic E-state index is 12.3. The summed E-state index contributed by atoms with van der Waals surface area (Å²) in [5.41, 5.74) is 1.05. The van der Waals surface area contributed by atoms with Crippen molar-refractivity contribution in [3.8, 4) is 11.3 Å². The minimum absolute atomic E-state index is 0.178. The number of aromatic nitrogens is 1. The van der Waals surface area contributed by atoms with Crippen LogP contribution in [0.15, 0.2) is 28.8 Å². The standard InChI is InChI=1S/C16H15ClN2O4/c1-9-14(16(21)22-8-13(20)18-10-6-7-10)15(19-23-9)11-4-2-3-5-12(11)17/h2-5,10H,6-8H2,1H3,(H,18,20). The fourth-order valence-corrected chi connectivity index (χ4v) is 2.38. The van der Waals surface area contributed by atoms with Crippen molar-refractivity contribution in [3.63, 3.8) is 0 Å². The summed E-state index contributed by atoms with van der Waals surface area (Å²) in [7, 11) is 0. The number of rotatable bonds is 5. The van der Waals surface area contributed by atoms with Gasteiger partial charge in [-0.1, -0.05) is 35.0 Å². The summed E-state index contributed by atoms with van der Waals surface area (Å²) in [6.07, 6.45) is 1.95. The molecule has 3 rings (SSSR count). The van der Waals surface area contributed by atoms with E-state index in [0.29, 0.717) is 22.0 Å². The van der Waals surface area contributed by atoms with Crippen molar-refractivity contribution in [2.75, 3.05) is 6.61 Å². The Bertz CT molecular complexity index is 752. The maximum Gasteiger partial charge on any atom is 0.344 e. The van der Waals surface area contributed by atoms with Crippen LogP contribution >= 0.6 is 11.6 Å². The highest BCUT2D eigenvalue weighted by molar-refractivity contribution is 6.33. The summed E-state index contributed by atoms with van der Waals surface area (Å²) < 4.78 is 10.2. The summed E-state index contributed by atoms with van der Waals surface area (Å²) >= 11 is 6.14. The Morgan fingerprint density at radius 2 is 2.13 bits per heavy atom. The van der Waals surface area contributed by atoms with Gasteiger partial charge in [-0.25, -0.2) is 4.79 Å². The van der Waals surface area contributed by atoms with Gasteiger partial charge in [0.25, 0.3) is 5.91 Å². The van der Waals surface area contributed by atoms with Gasteiger partial charge >= 0.3 is 5.97 Å². The van der Waals surface area contributed by atoms with Gasteiger partial charge in [0.2, 0.25) is 0 Å². The predicted molar refractivity (Wildman–Crippen MR) is 83.1 cm³/mol. The third kappa shape index (κ3) is 3.53. The lowest BCUT2D eigenvalue weighted by Gasteiger charge is -2.06. The molecule has 1 aliphatic carbocycles. The van der Waals surface area contributed by atoms with Gasteiger partial charge in [0.1, 0.15) is 17.0 Å². The van der Waals surface area contributed by atoms with Crippen molar-refractivity contribution >= 4 is 23.5 Å². The summed E-state index contributed by atoms with van der Waals surface area (Å²) in [6.45, 7) is 1.27. The smallest absolute Gasteiger partial charge is 0.344 e. The van der Waals surface area contributed by atoms with Crippen LogP contribution in [0.3, 0.4) is 0 Å². The molecule has 7 heteroatoms. The number of nitrogens with zero attached hydrogens (tertiary/aromatic N) is 1. The SMILES string of the molecule is Cc1onc(-c2ccccc2Cl)c1C(=O)OCC(=O)NC1CC1. The molecule has 0 aliphatic heterocycles. The molecule has 1 heterocycles. The number of amides is 1. The van der Waals surface area contributed by atoms with E-state index in [-0.39, 0.29) is 24.1 Å². The van der Waals surface area contributed by atoms with Crippen LogP contribution in [0.25, 0.3) is 11.3 Å². The number of carbonyl (C=O) groups is 2. The Kier molecular flexibility index (Phi) is 4.34. The molecule has 1 N–H and O–H groups in total. The lowest BCUT2D eigenvalue weighted by atomic mass is 10.1. The van der Waals surface area contributed by atoms with Crippen LogP contribution in [0.2, 0.25) is 5.02 Å². The molecule has 0 saturated heterocycles. The number of benzene rings is 1. The first kappa shape index (κ1) is 15.6. The first-order valence-corrected chi connectivity index (χ1v) is 7.61. The molecule has 1 aliphatic rings. The molecule has 0 unspecified atom stereocenters. The number of halogens is 1. The molecular formula is C16H15ClN2O4. The van der Waals surface area contributed by atoms with Crippen molar-refractivity contribution in [3.05, 3.63) is 40.6 Å². The minimum Gasteiger partial charge on any atom is -0.452 e. The number of esters is 1. The van der Waals surface area contributed by atoms with E-state index in [9.17, 15) is 9.59 Å². The quantitative estimate of drug-likeness (QED) is 0.850. The fraction of sp³-hybridized carbons (Fsp3) is 0.312. The van der Waals surface area contributed by atoms with Crippen LogP contribution in [0.5, 0.6) is 0 Å². The summed E-state index contributed by atoms with van der Waals surface area (Å²) in [5.74, 6) is -0.661. The Labute approximate surface area is 137 Å². The van der Waals surface area contributed by atoms with Gasteiger partial charge in [0.05, 0.1) is 5.02 Å². The molecule has 120 valence electrons. The Hall–Kier alpha value is -2.34. The lowest BCUT2D eigenvalue weighted by Crippen LogP contribution is -2.30. The molecule has 1 saturated carbocycles. The zero-order valence-electron chi connectivity index (χ0n) is 12.5. The summed E-state index contributed by atoms with van der Waals surface area (Å²) in [6, 6.07) is 7.20. The predicted octanol–water partition coefficient (Wildman–Crippen LogP) is 2.74. The maximum absolute atomic E-state index is 12.3. The van der Waals surface area contributed by atoms with E-state index < -0.39 is 5.97 Å². The number of hydrogen-bond acceptors (Lipinski definition) is 5. The molecule has 0 radical (unpaired) electrons. The first-order chi connectivity index (χ1) is 11.1. The fourth-order valence-electron chi connectivity index (χ4n) is 2.15. The monoisotopic (exact) mass is 334 g/mol. The lowest BCUT2D eigenvalue weighted by molar-refractivity contribution is -0.124. The van der Waals surface area contributed by atoms with E-state index in [1.807, 2.05) is 0 Å². The van der Waals surface area contributed by atoms with E-state index in [1.54, 1.807) is 31.2 Å². The van der Waals surface area contributed by atoms with Gasteiger partial charge in [0.15, 0.2) is 6.61 Å². The van der Waals surface area contributed by atoms with Gasteiger partial charge in [-0.3, -0.25) is 4.79 Å². The van der Waals surface area contributed by atoms with Crippen LogP contribution in [0.4, 0.5) is 0 Å². The van der Waals surface area contributed by atoms with Crippen molar-refractivity contribution < 1.29 is 18.8 Å². The van der Waals surface area contributed by atoms with Crippen molar-refractivity contribution in [2.24, 2.45) is 0 Å². The number of ether oxygens (including phenoxy) is 1. The third-order valence-electron chi connectivity index (χ3n) is 3.47. The molecule has 1 fully saturated rings. The van der Waals surface area contributed by atoms with Gasteiger partial charge in [-0.15, -0.1) is 0 Å². The van der Waals surface area contributed by atoms with Crippen molar-refractivity contribution in [2.45, 2.75) is 25.8 Å². The molecule has 6 nitrogen and oxygen atoms in total. The number of carbonyl (C=O) groups excluding carboxylic acids is 2. The number of nitrogens with one attached hydrogen (secondary N) is 1. The molecule has 0 spiro atoms. The molecular weight excluding hydrogens is 320 g/mol. The Morgan fingerprint density at radius 1 is 1.39 bits per heavy atom. The Morgan fingerprint density at radius 3 is 2.83 bits per heavy atom. The highest BCUT2D eigenvalue weighted by Crippen LogP contribution is 2.31. The largest absolute Gasteiger partial charge is 0.452 e. The van der Waals surface area contributed by atoms with Gasteiger partial charge in [-0.05, 0) is 25.8 Å². The number of hydrogen-bond donors (Lipinski definition) is 1. The molecule has 23 heavy (non-hydrogen) atoms. The molecule has 1 amide bonds. The van der Waals surface area contributed by atoms with Gasteiger partial charge in [-0.2, -0.15) is 0 Å².